The number of hydrogen-bond acceptors (Lipinski definition) is 7. The third-order valence-electron chi connectivity index (χ3n) is 5.91. The number of nitrogens with zero attached hydrogens (tertiary/aromatic N) is 2. The molecule has 0 saturated heterocycles. The van der Waals surface area contributed by atoms with Crippen LogP contribution in [-0.2, 0) is 16.0 Å². The monoisotopic (exact) mass is 488 g/mol. The molecule has 4 rings (SSSR count). The van der Waals surface area contributed by atoms with Crippen LogP contribution in [0.25, 0.3) is 22.6 Å². The van der Waals surface area contributed by atoms with Crippen LogP contribution in [-0.4, -0.2) is 41.0 Å². The Morgan fingerprint density at radius 1 is 1.14 bits per heavy atom. The van der Waals surface area contributed by atoms with Crippen molar-refractivity contribution in [3.8, 4) is 0 Å². The Kier molecular flexibility index (Phi) is 7.05. The first-order chi connectivity index (χ1) is 17.3. The van der Waals surface area contributed by atoms with E-state index in [4.69, 9.17) is 9.72 Å². The number of carbonyl (C=O) groups excluding carboxylic acids is 3. The van der Waals surface area contributed by atoms with Gasteiger partial charge in [-0.2, -0.15) is 0 Å². The third kappa shape index (κ3) is 5.07. The minimum atomic E-state index is -1.21. The number of non-ortho nitro benzene ring substituents is 1. The molecule has 184 valence electrons. The molecule has 0 aliphatic heterocycles. The minimum absolute atomic E-state index is 0.0138. The number of imide groups is 1. The molecule has 36 heavy (non-hydrogen) atoms. The molecule has 2 N–H and O–H groups in total. The maximum Gasteiger partial charge on any atom is 0.339 e. The van der Waals surface area contributed by atoms with Gasteiger partial charge < -0.3 is 10.1 Å². The van der Waals surface area contributed by atoms with E-state index >= 15 is 0 Å². The molecule has 1 atom stereocenters. The van der Waals surface area contributed by atoms with Crippen LogP contribution in [0.1, 0.15) is 46.9 Å². The number of pyridine rings is 1. The van der Waals surface area contributed by atoms with Crippen molar-refractivity contribution in [1.29, 1.82) is 0 Å². The standard InChI is InChI=1S/C26H24N4O6/c1-15(24(31)29-26(33)27-2)36-25(32)22-19-10-3-4-12-21(19)28-23-17(8-6-11-20(22)23)13-16-7-5-9-18(14-16)30(34)35/h3-5,7,9-10,12-15H,6,8,11H2,1-2H3,(H2,27,29,31,33)/b17-13+/t15-/m1/s1. The van der Waals surface area contributed by atoms with Crippen molar-refractivity contribution in [2.45, 2.75) is 32.3 Å². The lowest BCUT2D eigenvalue weighted by Gasteiger charge is -2.23. The fourth-order valence-corrected chi connectivity index (χ4v) is 4.19. The number of esters is 1. The molecule has 10 nitrogen and oxygen atoms in total. The predicted molar refractivity (Wildman–Crippen MR) is 133 cm³/mol. The average molecular weight is 489 g/mol. The van der Waals surface area contributed by atoms with E-state index < -0.39 is 28.9 Å². The highest BCUT2D eigenvalue weighted by Gasteiger charge is 2.28. The second-order valence-electron chi connectivity index (χ2n) is 8.32. The number of urea groups is 1. The number of aromatic nitrogens is 1. The van der Waals surface area contributed by atoms with Crippen molar-refractivity contribution in [2.24, 2.45) is 0 Å². The van der Waals surface area contributed by atoms with Crippen molar-refractivity contribution in [2.75, 3.05) is 7.05 Å². The summed E-state index contributed by atoms with van der Waals surface area (Å²) in [5.74, 6) is -1.44. The third-order valence-corrected chi connectivity index (χ3v) is 5.91. The van der Waals surface area contributed by atoms with Crippen LogP contribution in [0.5, 0.6) is 0 Å². The molecule has 0 radical (unpaired) electrons. The van der Waals surface area contributed by atoms with E-state index in [0.29, 0.717) is 46.1 Å². The lowest BCUT2D eigenvalue weighted by atomic mass is 9.86. The van der Waals surface area contributed by atoms with Crippen molar-refractivity contribution in [1.82, 2.24) is 15.6 Å². The molecule has 1 heterocycles. The molecule has 2 aromatic carbocycles. The zero-order chi connectivity index (χ0) is 25.8. The normalized spacial score (nSPS) is 14.6. The Hall–Kier alpha value is -4.60. The Bertz CT molecular complexity index is 1410. The number of allylic oxidation sites excluding steroid dienone is 1. The van der Waals surface area contributed by atoms with Gasteiger partial charge in [0.05, 0.1) is 21.7 Å². The van der Waals surface area contributed by atoms with Gasteiger partial charge in [-0.3, -0.25) is 20.2 Å². The van der Waals surface area contributed by atoms with Gasteiger partial charge in [-0.1, -0.05) is 30.3 Å². The van der Waals surface area contributed by atoms with Gasteiger partial charge in [0.15, 0.2) is 6.10 Å². The highest BCUT2D eigenvalue weighted by Crippen LogP contribution is 2.36. The SMILES string of the molecule is CNC(=O)NC(=O)[C@@H](C)OC(=O)c1c2c(nc3ccccc13)/C(=C/c1cccc([N+](=O)[O-])c1)CCC2. The number of fused-ring (bicyclic) bond motifs is 2. The fourth-order valence-electron chi connectivity index (χ4n) is 4.19. The molecule has 0 spiro atoms. The first kappa shape index (κ1) is 24.5. The van der Waals surface area contributed by atoms with Gasteiger partial charge in [-0.25, -0.2) is 14.6 Å². The molecule has 10 heteroatoms. The number of nitrogens with one attached hydrogen (secondary N) is 2. The predicted octanol–water partition coefficient (Wildman–Crippen LogP) is 4.02. The molecule has 0 saturated carbocycles. The lowest BCUT2D eigenvalue weighted by molar-refractivity contribution is -0.384. The Balaban J connectivity index is 1.77. The quantitative estimate of drug-likeness (QED) is 0.314. The summed E-state index contributed by atoms with van der Waals surface area (Å²) >= 11 is 0. The summed E-state index contributed by atoms with van der Waals surface area (Å²) in [7, 11) is 1.37. The van der Waals surface area contributed by atoms with E-state index in [9.17, 15) is 24.5 Å². The lowest BCUT2D eigenvalue weighted by Crippen LogP contribution is -2.43. The number of hydrogen-bond donors (Lipinski definition) is 2. The number of amides is 3. The van der Waals surface area contributed by atoms with Crippen LogP contribution in [0.2, 0.25) is 0 Å². The fraction of sp³-hybridized carbons (Fsp3) is 0.231. The van der Waals surface area contributed by atoms with Gasteiger partial charge in [0.1, 0.15) is 0 Å². The highest BCUT2D eigenvalue weighted by atomic mass is 16.6. The van der Waals surface area contributed by atoms with E-state index in [1.807, 2.05) is 12.1 Å². The second kappa shape index (κ2) is 10.3. The summed E-state index contributed by atoms with van der Waals surface area (Å²) in [6, 6.07) is 12.8. The summed E-state index contributed by atoms with van der Waals surface area (Å²) < 4.78 is 5.46. The number of nitro benzene ring substituents is 1. The highest BCUT2D eigenvalue weighted by molar-refractivity contribution is 6.07. The maximum atomic E-state index is 13.4. The molecule has 0 fully saturated rings. The van der Waals surface area contributed by atoms with Crippen molar-refractivity contribution in [3.05, 3.63) is 81.0 Å². The van der Waals surface area contributed by atoms with Crippen molar-refractivity contribution >= 4 is 46.1 Å². The van der Waals surface area contributed by atoms with E-state index in [2.05, 4.69) is 10.6 Å². The van der Waals surface area contributed by atoms with Gasteiger partial charge in [-0.15, -0.1) is 0 Å². The summed E-state index contributed by atoms with van der Waals surface area (Å²) in [5, 5.41) is 16.2. The smallest absolute Gasteiger partial charge is 0.339 e. The molecule has 1 aliphatic rings. The van der Waals surface area contributed by atoms with E-state index in [-0.39, 0.29) is 5.69 Å². The van der Waals surface area contributed by atoms with Gasteiger partial charge in [-0.05, 0) is 55.0 Å². The van der Waals surface area contributed by atoms with Crippen LogP contribution >= 0.6 is 0 Å². The first-order valence-corrected chi connectivity index (χ1v) is 11.4. The van der Waals surface area contributed by atoms with Crippen LogP contribution < -0.4 is 10.6 Å². The summed E-state index contributed by atoms with van der Waals surface area (Å²) in [4.78, 5) is 52.6. The van der Waals surface area contributed by atoms with E-state index in [1.54, 1.807) is 30.3 Å². The molecule has 1 aliphatic carbocycles. The van der Waals surface area contributed by atoms with Crippen molar-refractivity contribution < 1.29 is 24.0 Å². The topological polar surface area (TPSA) is 141 Å². The van der Waals surface area contributed by atoms with Crippen LogP contribution in [0, 0.1) is 10.1 Å². The number of ether oxygens (including phenoxy) is 1. The number of rotatable bonds is 5. The first-order valence-electron chi connectivity index (χ1n) is 11.4. The van der Waals surface area contributed by atoms with Gasteiger partial charge in [0.2, 0.25) is 0 Å². The summed E-state index contributed by atoms with van der Waals surface area (Å²) in [6.07, 6.45) is 2.63. The van der Waals surface area contributed by atoms with Gasteiger partial charge in [0, 0.05) is 24.6 Å². The Labute approximate surface area is 206 Å². The second-order valence-corrected chi connectivity index (χ2v) is 8.32. The molecule has 0 bridgehead atoms. The summed E-state index contributed by atoms with van der Waals surface area (Å²) in [5.41, 5.74) is 3.71. The molecule has 0 unspecified atom stereocenters. The van der Waals surface area contributed by atoms with Gasteiger partial charge >= 0.3 is 12.0 Å². The van der Waals surface area contributed by atoms with E-state index in [1.165, 1.54) is 26.1 Å². The Morgan fingerprint density at radius 2 is 1.92 bits per heavy atom. The van der Waals surface area contributed by atoms with Crippen LogP contribution in [0.15, 0.2) is 48.5 Å². The molecular formula is C26H24N4O6. The van der Waals surface area contributed by atoms with Gasteiger partial charge in [0.25, 0.3) is 11.6 Å². The summed E-state index contributed by atoms with van der Waals surface area (Å²) in [6.45, 7) is 1.39. The zero-order valence-electron chi connectivity index (χ0n) is 19.7. The number of para-hydroxylation sites is 1. The zero-order valence-corrected chi connectivity index (χ0v) is 19.7. The van der Waals surface area contributed by atoms with Crippen LogP contribution in [0.3, 0.4) is 0 Å². The molecular weight excluding hydrogens is 464 g/mol. The van der Waals surface area contributed by atoms with Crippen LogP contribution in [0.4, 0.5) is 10.5 Å². The maximum absolute atomic E-state index is 13.4. The Morgan fingerprint density at radius 3 is 2.67 bits per heavy atom. The molecule has 3 amide bonds. The minimum Gasteiger partial charge on any atom is -0.449 e. The van der Waals surface area contributed by atoms with E-state index in [0.717, 1.165) is 12.0 Å². The number of carbonyl (C=O) groups is 3. The largest absolute Gasteiger partial charge is 0.449 e. The van der Waals surface area contributed by atoms with Crippen molar-refractivity contribution in [3.63, 3.8) is 0 Å². The number of benzene rings is 2. The number of nitro groups is 1. The average Bonchev–Trinajstić information content (AvgIpc) is 2.87. The molecule has 3 aromatic rings. The molecule has 1 aromatic heterocycles.